The van der Waals surface area contributed by atoms with Crippen LogP contribution >= 0.6 is 0 Å². The number of ether oxygens (including phenoxy) is 1. The summed E-state index contributed by atoms with van der Waals surface area (Å²) in [5, 5.41) is 0. The molecule has 0 aromatic heterocycles. The van der Waals surface area contributed by atoms with E-state index in [2.05, 4.69) is 6.07 Å². The van der Waals surface area contributed by atoms with E-state index in [0.29, 0.717) is 24.8 Å². The monoisotopic (exact) mass is 341 g/mol. The first kappa shape index (κ1) is 16.6. The zero-order valence-electron chi connectivity index (χ0n) is 14.9. The highest BCUT2D eigenvalue weighted by Crippen LogP contribution is 2.49. The Morgan fingerprint density at radius 3 is 2.84 bits per heavy atom. The third-order valence-corrected chi connectivity index (χ3v) is 6.35. The van der Waals surface area contributed by atoms with E-state index >= 15 is 0 Å². The first-order chi connectivity index (χ1) is 12.1. The third-order valence-electron chi connectivity index (χ3n) is 6.35. The normalized spacial score (nSPS) is 28.5. The number of anilines is 1. The molecule has 2 saturated carbocycles. The van der Waals surface area contributed by atoms with Gasteiger partial charge in [-0.05, 0) is 68.4 Å². The van der Waals surface area contributed by atoms with E-state index in [-0.39, 0.29) is 11.9 Å². The molecule has 2 aliphatic carbocycles. The predicted octanol–water partition coefficient (Wildman–Crippen LogP) is 3.72. The molecule has 4 rings (SSSR count). The van der Waals surface area contributed by atoms with Crippen LogP contribution in [0.5, 0.6) is 0 Å². The number of rotatable bonds is 4. The third kappa shape index (κ3) is 3.31. The Morgan fingerprint density at radius 2 is 2.08 bits per heavy atom. The van der Waals surface area contributed by atoms with Crippen molar-refractivity contribution in [2.45, 2.75) is 58.0 Å². The molecule has 25 heavy (non-hydrogen) atoms. The van der Waals surface area contributed by atoms with Crippen molar-refractivity contribution in [3.63, 3.8) is 0 Å². The highest BCUT2D eigenvalue weighted by Gasteiger charge is 2.40. The van der Waals surface area contributed by atoms with E-state index in [1.807, 2.05) is 18.2 Å². The molecule has 4 nitrogen and oxygen atoms in total. The van der Waals surface area contributed by atoms with Crippen LogP contribution in [0.3, 0.4) is 0 Å². The molecule has 1 heterocycles. The van der Waals surface area contributed by atoms with Gasteiger partial charge in [-0.2, -0.15) is 0 Å². The lowest BCUT2D eigenvalue weighted by atomic mass is 9.86. The van der Waals surface area contributed by atoms with Gasteiger partial charge >= 0.3 is 5.97 Å². The topological polar surface area (TPSA) is 46.6 Å². The average Bonchev–Trinajstić information content (AvgIpc) is 3.23. The van der Waals surface area contributed by atoms with Crippen molar-refractivity contribution in [1.82, 2.24) is 0 Å². The van der Waals surface area contributed by atoms with Gasteiger partial charge in [-0.3, -0.25) is 9.59 Å². The summed E-state index contributed by atoms with van der Waals surface area (Å²) in [5.74, 6) is 1.70. The van der Waals surface area contributed by atoms with Crippen LogP contribution in [-0.4, -0.2) is 24.5 Å². The van der Waals surface area contributed by atoms with Gasteiger partial charge in [-0.1, -0.05) is 24.6 Å². The summed E-state index contributed by atoms with van der Waals surface area (Å²) < 4.78 is 5.52. The fourth-order valence-corrected chi connectivity index (χ4v) is 5.12. The lowest BCUT2D eigenvalue weighted by Gasteiger charge is -2.31. The molecule has 0 N–H and O–H groups in total. The molecule has 1 aliphatic heterocycles. The van der Waals surface area contributed by atoms with Gasteiger partial charge in [0, 0.05) is 18.7 Å². The van der Waals surface area contributed by atoms with Crippen molar-refractivity contribution in [2.75, 3.05) is 11.4 Å². The second kappa shape index (κ2) is 6.81. The van der Waals surface area contributed by atoms with E-state index in [4.69, 9.17) is 4.74 Å². The van der Waals surface area contributed by atoms with Crippen molar-refractivity contribution in [3.05, 3.63) is 29.8 Å². The molecule has 0 unspecified atom stereocenters. The lowest BCUT2D eigenvalue weighted by Crippen LogP contribution is -2.43. The number of para-hydroxylation sites is 1. The number of hydrogen-bond acceptors (Lipinski definition) is 3. The molecular weight excluding hydrogens is 314 g/mol. The van der Waals surface area contributed by atoms with Gasteiger partial charge < -0.3 is 9.64 Å². The molecule has 0 spiro atoms. The summed E-state index contributed by atoms with van der Waals surface area (Å²) in [6, 6.07) is 8.01. The molecule has 3 aliphatic rings. The van der Waals surface area contributed by atoms with E-state index in [1.54, 1.807) is 11.8 Å². The quantitative estimate of drug-likeness (QED) is 0.784. The second-order valence-corrected chi connectivity index (χ2v) is 7.99. The van der Waals surface area contributed by atoms with Crippen molar-refractivity contribution in [3.8, 4) is 0 Å². The van der Waals surface area contributed by atoms with E-state index in [0.717, 1.165) is 24.4 Å². The molecule has 134 valence electrons. The summed E-state index contributed by atoms with van der Waals surface area (Å²) in [5.41, 5.74) is 2.16. The maximum atomic E-state index is 12.8. The standard InChI is InChI=1S/C21H27NO3/c1-14(25-20(23)13-18-12-15-8-9-17(18)11-15)21(24)22-10-4-6-16-5-2-3-7-19(16)22/h2-3,5,7,14-15,17-18H,4,6,8-13H2,1H3/t14-,15-,17-,18+/m0/s1. The summed E-state index contributed by atoms with van der Waals surface area (Å²) in [6.45, 7) is 2.41. The van der Waals surface area contributed by atoms with Crippen LogP contribution in [0.15, 0.2) is 24.3 Å². The van der Waals surface area contributed by atoms with Crippen LogP contribution in [0, 0.1) is 17.8 Å². The lowest BCUT2D eigenvalue weighted by molar-refractivity contribution is -0.155. The first-order valence-electron chi connectivity index (χ1n) is 9.70. The molecular formula is C21H27NO3. The number of aryl methyl sites for hydroxylation is 1. The minimum Gasteiger partial charge on any atom is -0.453 e. The Balaban J connectivity index is 1.35. The van der Waals surface area contributed by atoms with Gasteiger partial charge in [0.1, 0.15) is 0 Å². The Morgan fingerprint density at radius 1 is 1.24 bits per heavy atom. The molecule has 1 aromatic carbocycles. The highest BCUT2D eigenvalue weighted by atomic mass is 16.5. The summed E-state index contributed by atoms with van der Waals surface area (Å²) in [4.78, 5) is 26.9. The van der Waals surface area contributed by atoms with E-state index in [1.165, 1.54) is 31.2 Å². The van der Waals surface area contributed by atoms with Gasteiger partial charge in [0.15, 0.2) is 6.10 Å². The molecule has 0 radical (unpaired) electrons. The molecule has 2 bridgehead atoms. The number of hydrogen-bond donors (Lipinski definition) is 0. The van der Waals surface area contributed by atoms with Gasteiger partial charge in [0.2, 0.25) is 0 Å². The zero-order valence-corrected chi connectivity index (χ0v) is 14.9. The van der Waals surface area contributed by atoms with Crippen LogP contribution in [-0.2, 0) is 20.7 Å². The Bertz CT molecular complexity index is 671. The number of fused-ring (bicyclic) bond motifs is 3. The molecule has 4 heteroatoms. The highest BCUT2D eigenvalue weighted by molar-refractivity contribution is 5.98. The number of carbonyl (C=O) groups is 2. The van der Waals surface area contributed by atoms with E-state index in [9.17, 15) is 9.59 Å². The Kier molecular flexibility index (Phi) is 4.53. The Hall–Kier alpha value is -1.84. The van der Waals surface area contributed by atoms with Crippen molar-refractivity contribution < 1.29 is 14.3 Å². The SMILES string of the molecule is C[C@H](OC(=O)C[C@H]1C[C@H]2CC[C@H]1C2)C(=O)N1CCCc2ccccc21. The van der Waals surface area contributed by atoms with Crippen LogP contribution < -0.4 is 4.90 Å². The summed E-state index contributed by atoms with van der Waals surface area (Å²) in [7, 11) is 0. The largest absolute Gasteiger partial charge is 0.453 e. The van der Waals surface area contributed by atoms with Gasteiger partial charge in [-0.15, -0.1) is 0 Å². The minimum absolute atomic E-state index is 0.103. The van der Waals surface area contributed by atoms with Crippen molar-refractivity contribution in [2.24, 2.45) is 17.8 Å². The van der Waals surface area contributed by atoms with E-state index < -0.39 is 6.10 Å². The summed E-state index contributed by atoms with van der Waals surface area (Å²) >= 11 is 0. The molecule has 0 saturated heterocycles. The number of esters is 1. The molecule has 4 atom stereocenters. The van der Waals surface area contributed by atoms with Gasteiger partial charge in [0.25, 0.3) is 5.91 Å². The number of nitrogens with zero attached hydrogens (tertiary/aromatic N) is 1. The fourth-order valence-electron chi connectivity index (χ4n) is 5.12. The zero-order chi connectivity index (χ0) is 17.4. The maximum Gasteiger partial charge on any atom is 0.306 e. The predicted molar refractivity (Wildman–Crippen MR) is 96.2 cm³/mol. The van der Waals surface area contributed by atoms with Crippen LogP contribution in [0.2, 0.25) is 0 Å². The Labute approximate surface area is 149 Å². The number of carbonyl (C=O) groups excluding carboxylic acids is 2. The fraction of sp³-hybridized carbons (Fsp3) is 0.619. The van der Waals surface area contributed by atoms with Crippen molar-refractivity contribution >= 4 is 17.6 Å². The van der Waals surface area contributed by atoms with Gasteiger partial charge in [-0.25, -0.2) is 0 Å². The van der Waals surface area contributed by atoms with Crippen molar-refractivity contribution in [1.29, 1.82) is 0 Å². The average molecular weight is 341 g/mol. The van der Waals surface area contributed by atoms with Gasteiger partial charge in [0.05, 0.1) is 0 Å². The smallest absolute Gasteiger partial charge is 0.306 e. The number of benzene rings is 1. The van der Waals surface area contributed by atoms with Crippen LogP contribution in [0.4, 0.5) is 5.69 Å². The van der Waals surface area contributed by atoms with Crippen LogP contribution in [0.25, 0.3) is 0 Å². The molecule has 2 fully saturated rings. The molecule has 1 aromatic rings. The first-order valence-corrected chi connectivity index (χ1v) is 9.70. The molecule has 1 amide bonds. The second-order valence-electron chi connectivity index (χ2n) is 7.99. The summed E-state index contributed by atoms with van der Waals surface area (Å²) in [6.07, 6.45) is 6.78. The number of amides is 1. The maximum absolute atomic E-state index is 12.8. The van der Waals surface area contributed by atoms with Crippen LogP contribution in [0.1, 0.15) is 51.0 Å². The minimum atomic E-state index is -0.711.